The molecule has 0 spiro atoms. The summed E-state index contributed by atoms with van der Waals surface area (Å²) < 4.78 is 44.9. The van der Waals surface area contributed by atoms with Crippen molar-refractivity contribution in [3.05, 3.63) is 53.8 Å². The van der Waals surface area contributed by atoms with E-state index in [4.69, 9.17) is 10.5 Å². The fraction of sp³-hybridized carbons (Fsp3) is 0.316. The van der Waals surface area contributed by atoms with Gasteiger partial charge in [0.05, 0.1) is 16.3 Å². The highest BCUT2D eigenvalue weighted by Gasteiger charge is 2.25. The number of carbonyl (C=O) groups excluding carboxylic acids is 1. The predicted octanol–water partition coefficient (Wildman–Crippen LogP) is 1.77. The van der Waals surface area contributed by atoms with Crippen LogP contribution in [0.1, 0.15) is 12.0 Å². The zero-order chi connectivity index (χ0) is 19.6. The highest BCUT2D eigenvalue weighted by Crippen LogP contribution is 2.32. The molecule has 1 atom stereocenters. The third-order valence-electron chi connectivity index (χ3n) is 4.43. The van der Waals surface area contributed by atoms with Crippen LogP contribution in [0.4, 0.5) is 4.39 Å². The zero-order valence-electron chi connectivity index (χ0n) is 14.9. The number of fused-ring (bicyclic) bond motifs is 1. The smallest absolute Gasteiger partial charge is 0.231 e. The summed E-state index contributed by atoms with van der Waals surface area (Å²) in [7, 11) is -2.07. The van der Waals surface area contributed by atoms with Gasteiger partial charge in [0, 0.05) is 6.54 Å². The van der Waals surface area contributed by atoms with Crippen molar-refractivity contribution >= 4 is 15.7 Å². The summed E-state index contributed by atoms with van der Waals surface area (Å²) in [6.07, 6.45) is 1.32. The Hall–Kier alpha value is -2.45. The van der Waals surface area contributed by atoms with E-state index in [-0.39, 0.29) is 22.4 Å². The highest BCUT2D eigenvalue weighted by molar-refractivity contribution is 7.91. The molecule has 144 valence electrons. The molecule has 27 heavy (non-hydrogen) atoms. The number of amides is 1. The van der Waals surface area contributed by atoms with Crippen LogP contribution in [-0.4, -0.2) is 45.5 Å². The average molecular weight is 392 g/mol. The van der Waals surface area contributed by atoms with Gasteiger partial charge in [-0.05, 0) is 55.8 Å². The van der Waals surface area contributed by atoms with Gasteiger partial charge in [0.25, 0.3) is 0 Å². The van der Waals surface area contributed by atoms with Crippen molar-refractivity contribution < 1.29 is 22.3 Å². The van der Waals surface area contributed by atoms with Gasteiger partial charge in [-0.1, -0.05) is 12.1 Å². The Balaban J connectivity index is 1.82. The fourth-order valence-electron chi connectivity index (χ4n) is 3.15. The van der Waals surface area contributed by atoms with E-state index in [0.717, 1.165) is 24.5 Å². The topological polar surface area (TPSA) is 89.7 Å². The van der Waals surface area contributed by atoms with Crippen molar-refractivity contribution in [3.63, 3.8) is 0 Å². The van der Waals surface area contributed by atoms with Crippen molar-refractivity contribution in [2.24, 2.45) is 5.73 Å². The molecule has 3 rings (SSSR count). The molecule has 0 saturated carbocycles. The minimum absolute atomic E-state index is 0.0537. The molecular weight excluding hydrogens is 371 g/mol. The van der Waals surface area contributed by atoms with Crippen LogP contribution in [0.5, 0.6) is 5.75 Å². The summed E-state index contributed by atoms with van der Waals surface area (Å²) in [5, 5.41) is 0. The number of carbonyl (C=O) groups is 1. The molecule has 0 radical (unpaired) electrons. The van der Waals surface area contributed by atoms with Crippen molar-refractivity contribution in [3.8, 4) is 5.75 Å². The summed E-state index contributed by atoms with van der Waals surface area (Å²) in [6, 6.07) is 9.64. The second-order valence-electron chi connectivity index (χ2n) is 6.67. The maximum absolute atomic E-state index is 13.4. The molecule has 2 aromatic carbocycles. The number of hydrogen-bond acceptors (Lipinski definition) is 5. The van der Waals surface area contributed by atoms with E-state index in [1.54, 1.807) is 18.0 Å². The summed E-state index contributed by atoms with van der Waals surface area (Å²) in [5.74, 6) is -0.531. The lowest BCUT2D eigenvalue weighted by molar-refractivity contribution is -0.119. The number of benzene rings is 2. The number of sulfone groups is 1. The van der Waals surface area contributed by atoms with E-state index in [9.17, 15) is 17.6 Å². The molecule has 2 aromatic rings. The number of rotatable bonds is 6. The second-order valence-corrected chi connectivity index (χ2v) is 8.62. The monoisotopic (exact) mass is 392 g/mol. The van der Waals surface area contributed by atoms with Gasteiger partial charge in [-0.25, -0.2) is 12.8 Å². The molecule has 0 unspecified atom stereocenters. The van der Waals surface area contributed by atoms with Gasteiger partial charge in [0.15, 0.2) is 0 Å². The van der Waals surface area contributed by atoms with Gasteiger partial charge in [-0.15, -0.1) is 0 Å². The van der Waals surface area contributed by atoms with Crippen LogP contribution in [-0.2, 0) is 21.1 Å². The highest BCUT2D eigenvalue weighted by atomic mass is 32.2. The molecule has 8 heteroatoms. The lowest BCUT2D eigenvalue weighted by Crippen LogP contribution is -2.39. The Bertz CT molecular complexity index is 962. The molecule has 0 fully saturated rings. The van der Waals surface area contributed by atoms with E-state index in [2.05, 4.69) is 0 Å². The predicted molar refractivity (Wildman–Crippen MR) is 97.7 cm³/mol. The maximum Gasteiger partial charge on any atom is 0.231 e. The standard InChI is InChI=1S/C19H21FN2O4S/c1-22(12-19(21)23)11-15-7-5-13-6-8-17(10-18(13)26-15)27(24,25)16-4-2-3-14(20)9-16/h2-4,6,8-10,15H,5,7,11-12H2,1H3,(H2,21,23)/t15-/m1/s1. The number of primary amides is 1. The van der Waals surface area contributed by atoms with Gasteiger partial charge in [0.1, 0.15) is 17.7 Å². The lowest BCUT2D eigenvalue weighted by atomic mass is 10.0. The molecule has 2 N–H and O–H groups in total. The molecule has 0 aliphatic carbocycles. The van der Waals surface area contributed by atoms with E-state index in [1.165, 1.54) is 30.3 Å². The maximum atomic E-state index is 13.4. The van der Waals surface area contributed by atoms with Gasteiger partial charge in [-0.3, -0.25) is 9.69 Å². The first-order chi connectivity index (χ1) is 12.8. The van der Waals surface area contributed by atoms with E-state index in [0.29, 0.717) is 12.3 Å². The Kier molecular flexibility index (Phi) is 5.48. The van der Waals surface area contributed by atoms with E-state index in [1.807, 2.05) is 0 Å². The van der Waals surface area contributed by atoms with Gasteiger partial charge in [-0.2, -0.15) is 0 Å². The molecule has 1 heterocycles. The Labute approximate surface area is 157 Å². The molecule has 6 nitrogen and oxygen atoms in total. The Morgan fingerprint density at radius 2 is 2.00 bits per heavy atom. The Morgan fingerprint density at radius 1 is 1.26 bits per heavy atom. The summed E-state index contributed by atoms with van der Waals surface area (Å²) in [4.78, 5) is 12.7. The molecule has 1 aliphatic heterocycles. The van der Waals surface area contributed by atoms with Gasteiger partial charge < -0.3 is 10.5 Å². The molecular formula is C19H21FN2O4S. The SMILES string of the molecule is CN(CC(N)=O)C[C@H]1CCc2ccc(S(=O)(=O)c3cccc(F)c3)cc2O1. The first-order valence-electron chi connectivity index (χ1n) is 8.53. The Morgan fingerprint density at radius 3 is 2.70 bits per heavy atom. The first kappa shape index (κ1) is 19.3. The zero-order valence-corrected chi connectivity index (χ0v) is 15.7. The molecule has 0 aromatic heterocycles. The molecule has 0 saturated heterocycles. The van der Waals surface area contributed by atoms with E-state index < -0.39 is 21.6 Å². The second kappa shape index (κ2) is 7.66. The van der Waals surface area contributed by atoms with Crippen LogP contribution in [0.2, 0.25) is 0 Å². The normalized spacial score (nSPS) is 16.6. The quantitative estimate of drug-likeness (QED) is 0.809. The van der Waals surface area contributed by atoms with Crippen LogP contribution in [0.25, 0.3) is 0 Å². The third kappa shape index (κ3) is 4.45. The molecule has 0 bridgehead atoms. The van der Waals surface area contributed by atoms with Crippen LogP contribution in [0, 0.1) is 5.82 Å². The number of halogens is 1. The first-order valence-corrected chi connectivity index (χ1v) is 10.0. The van der Waals surface area contributed by atoms with Gasteiger partial charge >= 0.3 is 0 Å². The van der Waals surface area contributed by atoms with Crippen LogP contribution >= 0.6 is 0 Å². The number of nitrogens with zero attached hydrogens (tertiary/aromatic N) is 1. The van der Waals surface area contributed by atoms with Crippen LogP contribution in [0.3, 0.4) is 0 Å². The van der Waals surface area contributed by atoms with Gasteiger partial charge in [0.2, 0.25) is 15.7 Å². The van der Waals surface area contributed by atoms with Crippen molar-refractivity contribution in [1.29, 1.82) is 0 Å². The summed E-state index contributed by atoms with van der Waals surface area (Å²) >= 11 is 0. The average Bonchev–Trinajstić information content (AvgIpc) is 2.60. The summed E-state index contributed by atoms with van der Waals surface area (Å²) in [5.41, 5.74) is 6.11. The number of aryl methyl sites for hydroxylation is 1. The summed E-state index contributed by atoms with van der Waals surface area (Å²) in [6.45, 7) is 0.629. The van der Waals surface area contributed by atoms with Crippen LogP contribution < -0.4 is 10.5 Å². The minimum atomic E-state index is -3.84. The van der Waals surface area contributed by atoms with E-state index >= 15 is 0 Å². The number of nitrogens with two attached hydrogens (primary N) is 1. The molecule has 1 aliphatic rings. The minimum Gasteiger partial charge on any atom is -0.489 e. The largest absolute Gasteiger partial charge is 0.489 e. The van der Waals surface area contributed by atoms with Crippen molar-refractivity contribution in [2.45, 2.75) is 28.7 Å². The van der Waals surface area contributed by atoms with Crippen molar-refractivity contribution in [1.82, 2.24) is 4.90 Å². The van der Waals surface area contributed by atoms with Crippen LogP contribution in [0.15, 0.2) is 52.3 Å². The third-order valence-corrected chi connectivity index (χ3v) is 6.17. The van der Waals surface area contributed by atoms with Crippen molar-refractivity contribution in [2.75, 3.05) is 20.1 Å². The number of hydrogen-bond donors (Lipinski definition) is 1. The number of ether oxygens (including phenoxy) is 1. The molecule has 1 amide bonds. The fourth-order valence-corrected chi connectivity index (χ4v) is 4.46. The lowest BCUT2D eigenvalue weighted by Gasteiger charge is -2.29. The number of likely N-dealkylation sites (N-methyl/N-ethyl adjacent to an activating group) is 1.